The lowest BCUT2D eigenvalue weighted by molar-refractivity contribution is -0.117. The molecule has 1 amide bonds. The molecule has 1 aromatic rings. The van der Waals surface area contributed by atoms with E-state index in [0.29, 0.717) is 11.6 Å². The fraction of sp³-hybridized carbons (Fsp3) is 0.467. The summed E-state index contributed by atoms with van der Waals surface area (Å²) in [5.74, 6) is 0.134. The lowest BCUT2D eigenvalue weighted by Crippen LogP contribution is -2.37. The average Bonchev–Trinajstić information content (AvgIpc) is 2.89. The number of halogens is 1. The summed E-state index contributed by atoms with van der Waals surface area (Å²) >= 11 is 3.65. The van der Waals surface area contributed by atoms with Gasteiger partial charge < -0.3 is 4.90 Å². The largest absolute Gasteiger partial charge is 0.316 e. The third-order valence-electron chi connectivity index (χ3n) is 3.84. The average molecular weight is 464 g/mol. The maximum Gasteiger partial charge on any atom is 0.248 e. The van der Waals surface area contributed by atoms with Gasteiger partial charge in [0.15, 0.2) is 15.0 Å². The summed E-state index contributed by atoms with van der Waals surface area (Å²) in [7, 11) is -3.02. The van der Waals surface area contributed by atoms with Crippen molar-refractivity contribution in [3.05, 3.63) is 27.8 Å². The minimum absolute atomic E-state index is 0.0500. The second kappa shape index (κ2) is 6.72. The van der Waals surface area contributed by atoms with E-state index in [0.717, 1.165) is 15.7 Å². The molecule has 2 unspecified atom stereocenters. The first-order chi connectivity index (χ1) is 10.9. The summed E-state index contributed by atoms with van der Waals surface area (Å²) in [4.78, 5) is 18.1. The summed E-state index contributed by atoms with van der Waals surface area (Å²) in [5, 5.41) is 0.585. The number of hydrogen-bond donors (Lipinski definition) is 0. The number of aliphatic imine (C=N–C) groups is 1. The standard InChI is InChI=1S/C15H17IN2O3S2/c1-2-4-14(19)17-15-18(11-6-3-5-10(16)7-11)12-8-23(20,21)9-13(12)22-15/h3,5-7,12-13H,2,4,8-9H2,1H3. The zero-order valence-electron chi connectivity index (χ0n) is 12.6. The molecule has 2 saturated heterocycles. The van der Waals surface area contributed by atoms with Crippen LogP contribution < -0.4 is 4.90 Å². The van der Waals surface area contributed by atoms with Gasteiger partial charge in [0.05, 0.1) is 17.5 Å². The Morgan fingerprint density at radius 3 is 2.91 bits per heavy atom. The van der Waals surface area contributed by atoms with E-state index in [9.17, 15) is 13.2 Å². The van der Waals surface area contributed by atoms with Crippen LogP contribution in [0.2, 0.25) is 0 Å². The van der Waals surface area contributed by atoms with Crippen LogP contribution in [0, 0.1) is 3.57 Å². The second-order valence-electron chi connectivity index (χ2n) is 5.69. The SMILES string of the molecule is CCCC(=O)N=C1SC2CS(=O)(=O)CC2N1c1cccc(I)c1. The van der Waals surface area contributed by atoms with Gasteiger partial charge in [0.2, 0.25) is 5.91 Å². The molecule has 2 fully saturated rings. The van der Waals surface area contributed by atoms with Crippen molar-refractivity contribution in [2.45, 2.75) is 31.1 Å². The highest BCUT2D eigenvalue weighted by molar-refractivity contribution is 14.1. The van der Waals surface area contributed by atoms with Gasteiger partial charge in [-0.25, -0.2) is 8.42 Å². The summed E-state index contributed by atoms with van der Waals surface area (Å²) in [6, 6.07) is 7.71. The first kappa shape index (κ1) is 17.2. The molecule has 1 aromatic carbocycles. The predicted molar refractivity (Wildman–Crippen MR) is 103 cm³/mol. The van der Waals surface area contributed by atoms with Crippen LogP contribution in [0.3, 0.4) is 0 Å². The molecule has 0 spiro atoms. The number of rotatable bonds is 3. The van der Waals surface area contributed by atoms with Crippen molar-refractivity contribution in [1.29, 1.82) is 0 Å². The molecule has 0 aliphatic carbocycles. The minimum atomic E-state index is -3.02. The lowest BCUT2D eigenvalue weighted by atomic mass is 10.2. The first-order valence-electron chi connectivity index (χ1n) is 7.43. The van der Waals surface area contributed by atoms with Crippen molar-refractivity contribution in [2.24, 2.45) is 4.99 Å². The molecule has 2 aliphatic rings. The third kappa shape index (κ3) is 3.74. The summed E-state index contributed by atoms with van der Waals surface area (Å²) in [6.45, 7) is 1.94. The van der Waals surface area contributed by atoms with Crippen molar-refractivity contribution in [1.82, 2.24) is 0 Å². The highest BCUT2D eigenvalue weighted by Crippen LogP contribution is 2.41. The first-order valence-corrected chi connectivity index (χ1v) is 11.2. The highest BCUT2D eigenvalue weighted by Gasteiger charge is 2.49. The zero-order valence-corrected chi connectivity index (χ0v) is 16.4. The van der Waals surface area contributed by atoms with Gasteiger partial charge in [-0.2, -0.15) is 4.99 Å². The molecule has 2 atom stereocenters. The number of thioether (sulfide) groups is 1. The Morgan fingerprint density at radius 1 is 1.43 bits per heavy atom. The molecule has 3 rings (SSSR count). The van der Waals surface area contributed by atoms with E-state index < -0.39 is 9.84 Å². The van der Waals surface area contributed by atoms with E-state index in [1.165, 1.54) is 11.8 Å². The fourth-order valence-corrected chi connectivity index (χ4v) is 7.33. The Labute approximate surface area is 154 Å². The van der Waals surface area contributed by atoms with Crippen LogP contribution in [-0.4, -0.2) is 42.3 Å². The molecule has 124 valence electrons. The molecule has 8 heteroatoms. The molecule has 0 saturated carbocycles. The number of carbonyl (C=O) groups excluding carboxylic acids is 1. The maximum absolute atomic E-state index is 12.0. The quantitative estimate of drug-likeness (QED) is 0.644. The number of sulfone groups is 1. The molecule has 2 aliphatic heterocycles. The van der Waals surface area contributed by atoms with E-state index in [-0.39, 0.29) is 28.7 Å². The molecule has 0 aromatic heterocycles. The predicted octanol–water partition coefficient (Wildman–Crippen LogP) is 2.69. The van der Waals surface area contributed by atoms with E-state index >= 15 is 0 Å². The van der Waals surface area contributed by atoms with Gasteiger partial charge in [0.1, 0.15) is 0 Å². The number of amides is 1. The van der Waals surface area contributed by atoms with Gasteiger partial charge in [0.25, 0.3) is 0 Å². The zero-order chi connectivity index (χ0) is 16.6. The molecular weight excluding hydrogens is 447 g/mol. The van der Waals surface area contributed by atoms with Crippen LogP contribution >= 0.6 is 34.4 Å². The highest BCUT2D eigenvalue weighted by atomic mass is 127. The normalized spacial score (nSPS) is 27.4. The molecular formula is C15H17IN2O3S2. The van der Waals surface area contributed by atoms with E-state index in [4.69, 9.17) is 0 Å². The molecule has 0 radical (unpaired) electrons. The van der Waals surface area contributed by atoms with Crippen molar-refractivity contribution in [2.75, 3.05) is 16.4 Å². The number of nitrogens with zero attached hydrogens (tertiary/aromatic N) is 2. The van der Waals surface area contributed by atoms with Crippen molar-refractivity contribution >= 4 is 61.0 Å². The number of carbonyl (C=O) groups is 1. The molecule has 0 N–H and O–H groups in total. The third-order valence-corrected chi connectivity index (χ3v) is 7.72. The van der Waals surface area contributed by atoms with Crippen molar-refractivity contribution in [3.8, 4) is 0 Å². The topological polar surface area (TPSA) is 66.8 Å². The number of amidine groups is 1. The number of anilines is 1. The minimum Gasteiger partial charge on any atom is -0.316 e. The van der Waals surface area contributed by atoms with Crippen LogP contribution in [0.4, 0.5) is 5.69 Å². The van der Waals surface area contributed by atoms with Gasteiger partial charge in [0, 0.05) is 20.9 Å². The second-order valence-corrected chi connectivity index (χ2v) is 10.3. The van der Waals surface area contributed by atoms with Crippen LogP contribution in [0.15, 0.2) is 29.3 Å². The molecule has 2 heterocycles. The van der Waals surface area contributed by atoms with Gasteiger partial charge in [-0.05, 0) is 47.2 Å². The Hall–Kier alpha value is -0.610. The molecule has 0 bridgehead atoms. The molecule has 5 nitrogen and oxygen atoms in total. The number of hydrogen-bond acceptors (Lipinski definition) is 4. The van der Waals surface area contributed by atoms with Gasteiger partial charge >= 0.3 is 0 Å². The summed E-state index contributed by atoms with van der Waals surface area (Å²) in [5.41, 5.74) is 0.900. The Bertz CT molecular complexity index is 764. The number of benzene rings is 1. The van der Waals surface area contributed by atoms with Gasteiger partial charge in [-0.1, -0.05) is 24.8 Å². The van der Waals surface area contributed by atoms with Crippen molar-refractivity contribution < 1.29 is 13.2 Å². The summed E-state index contributed by atoms with van der Waals surface area (Å²) < 4.78 is 25.0. The van der Waals surface area contributed by atoms with Crippen molar-refractivity contribution in [3.63, 3.8) is 0 Å². The summed E-state index contributed by atoms with van der Waals surface area (Å²) in [6.07, 6.45) is 1.17. The maximum atomic E-state index is 12.0. The Kier molecular flexibility index (Phi) is 5.03. The van der Waals surface area contributed by atoms with Crippen LogP contribution in [0.25, 0.3) is 0 Å². The smallest absolute Gasteiger partial charge is 0.248 e. The van der Waals surface area contributed by atoms with Gasteiger partial charge in [-0.15, -0.1) is 0 Å². The van der Waals surface area contributed by atoms with Gasteiger partial charge in [-0.3, -0.25) is 4.79 Å². The van der Waals surface area contributed by atoms with Crippen LogP contribution in [0.1, 0.15) is 19.8 Å². The lowest BCUT2D eigenvalue weighted by Gasteiger charge is -2.24. The van der Waals surface area contributed by atoms with E-state index in [1.54, 1.807) is 0 Å². The Balaban J connectivity index is 1.99. The van der Waals surface area contributed by atoms with Crippen LogP contribution in [0.5, 0.6) is 0 Å². The molecule has 23 heavy (non-hydrogen) atoms. The van der Waals surface area contributed by atoms with E-state index in [1.807, 2.05) is 36.1 Å². The number of fused-ring (bicyclic) bond motifs is 1. The Morgan fingerprint density at radius 2 is 2.22 bits per heavy atom. The monoisotopic (exact) mass is 464 g/mol. The van der Waals surface area contributed by atoms with Crippen LogP contribution in [-0.2, 0) is 14.6 Å². The fourth-order valence-electron chi connectivity index (χ4n) is 2.87. The van der Waals surface area contributed by atoms with E-state index in [2.05, 4.69) is 27.6 Å².